The molecular weight excluding hydrogens is 757 g/mol. The van der Waals surface area contributed by atoms with Crippen molar-refractivity contribution in [3.8, 4) is 39.1 Å². The lowest BCUT2D eigenvalue weighted by atomic mass is 9.90. The van der Waals surface area contributed by atoms with Gasteiger partial charge in [-0.15, -0.1) is 11.3 Å². The number of fused-ring (bicyclic) bond motifs is 7. The SMILES string of the molecule is c1ccc(N(c2ccc(-c3cccc4ccccc34)cc2)c2ccc(-c3ccccc3-n3c4ccccc4c4ccccc43)c(-c3cccc4sc5ccccc5c34)c2)cc1. The summed E-state index contributed by atoms with van der Waals surface area (Å²) >= 11 is 1.87. The van der Waals surface area contributed by atoms with Gasteiger partial charge in [0.15, 0.2) is 0 Å². The molecule has 0 spiro atoms. The standard InChI is InChI=1S/C58H38N2S/c1-2-18-41(19-3-1)59(42-34-32-40(33-35-42)45-25-14-17-39-16-4-5-20-44(39)45)43-36-37-46(52(38-43)50-26-15-31-57-58(50)51-24-9-13-30-56(51)61-57)47-21-6-10-27-53(47)60-54-28-11-7-22-48(54)49-23-8-12-29-55(49)60/h1-38H. The van der Waals surface area contributed by atoms with Gasteiger partial charge in [-0.05, 0) is 105 Å². The van der Waals surface area contributed by atoms with Crippen molar-refractivity contribution in [2.24, 2.45) is 0 Å². The van der Waals surface area contributed by atoms with Crippen molar-refractivity contribution in [2.45, 2.75) is 0 Å². The summed E-state index contributed by atoms with van der Waals surface area (Å²) in [6.45, 7) is 0. The first-order valence-corrected chi connectivity index (χ1v) is 21.7. The molecule has 0 aliphatic carbocycles. The Morgan fingerprint density at radius 3 is 1.69 bits per heavy atom. The highest BCUT2D eigenvalue weighted by Crippen LogP contribution is 2.47. The summed E-state index contributed by atoms with van der Waals surface area (Å²) in [4.78, 5) is 2.39. The van der Waals surface area contributed by atoms with E-state index < -0.39 is 0 Å². The molecular formula is C58H38N2S. The molecule has 0 radical (unpaired) electrons. The van der Waals surface area contributed by atoms with Gasteiger partial charge in [-0.2, -0.15) is 0 Å². The van der Waals surface area contributed by atoms with E-state index in [0.29, 0.717) is 0 Å². The van der Waals surface area contributed by atoms with Crippen LogP contribution in [0.4, 0.5) is 17.1 Å². The van der Waals surface area contributed by atoms with Gasteiger partial charge >= 0.3 is 0 Å². The number of rotatable bonds is 7. The molecule has 0 atom stereocenters. The minimum Gasteiger partial charge on any atom is -0.310 e. The van der Waals surface area contributed by atoms with Crippen molar-refractivity contribution in [3.05, 3.63) is 231 Å². The smallest absolute Gasteiger partial charge is 0.0541 e. The Morgan fingerprint density at radius 2 is 0.885 bits per heavy atom. The van der Waals surface area contributed by atoms with Crippen molar-refractivity contribution >= 4 is 81.1 Å². The fraction of sp³-hybridized carbons (Fsp3) is 0. The number of para-hydroxylation sites is 4. The molecule has 286 valence electrons. The average molecular weight is 795 g/mol. The number of anilines is 3. The third kappa shape index (κ3) is 5.85. The number of aromatic nitrogens is 1. The van der Waals surface area contributed by atoms with Crippen molar-refractivity contribution in [1.29, 1.82) is 0 Å². The zero-order chi connectivity index (χ0) is 40.3. The van der Waals surface area contributed by atoms with Gasteiger partial charge < -0.3 is 9.47 Å². The second-order valence-electron chi connectivity index (χ2n) is 15.6. The van der Waals surface area contributed by atoms with Gasteiger partial charge in [0, 0.05) is 53.6 Å². The maximum atomic E-state index is 2.45. The first kappa shape index (κ1) is 35.2. The van der Waals surface area contributed by atoms with Crippen LogP contribution in [0.2, 0.25) is 0 Å². The van der Waals surface area contributed by atoms with Crippen LogP contribution in [0.3, 0.4) is 0 Å². The Kier molecular flexibility index (Phi) is 8.39. The quantitative estimate of drug-likeness (QED) is 0.156. The Balaban J connectivity index is 1.10. The molecule has 61 heavy (non-hydrogen) atoms. The lowest BCUT2D eigenvalue weighted by Gasteiger charge is -2.27. The molecule has 0 unspecified atom stereocenters. The average Bonchev–Trinajstić information content (AvgIpc) is 3.88. The molecule has 0 aliphatic rings. The molecule has 0 N–H and O–H groups in total. The van der Waals surface area contributed by atoms with Crippen LogP contribution in [-0.4, -0.2) is 4.57 Å². The second kappa shape index (κ2) is 14.5. The van der Waals surface area contributed by atoms with E-state index in [4.69, 9.17) is 0 Å². The molecule has 12 aromatic rings. The Bertz CT molecular complexity index is 3540. The molecule has 0 fully saturated rings. The predicted molar refractivity (Wildman–Crippen MR) is 262 cm³/mol. The number of nitrogens with zero attached hydrogens (tertiary/aromatic N) is 2. The van der Waals surface area contributed by atoms with Gasteiger partial charge in [0.05, 0.1) is 16.7 Å². The Labute approximate surface area is 358 Å². The van der Waals surface area contributed by atoms with Crippen LogP contribution in [0.15, 0.2) is 231 Å². The summed E-state index contributed by atoms with van der Waals surface area (Å²) in [5.74, 6) is 0. The van der Waals surface area contributed by atoms with Gasteiger partial charge in [-0.1, -0.05) is 164 Å². The molecule has 10 aromatic carbocycles. The zero-order valence-corrected chi connectivity index (χ0v) is 34.1. The number of hydrogen-bond donors (Lipinski definition) is 0. The third-order valence-corrected chi connectivity index (χ3v) is 13.3. The minimum atomic E-state index is 1.09. The minimum absolute atomic E-state index is 1.09. The van der Waals surface area contributed by atoms with Crippen molar-refractivity contribution in [1.82, 2.24) is 4.57 Å². The first-order valence-electron chi connectivity index (χ1n) is 20.8. The van der Waals surface area contributed by atoms with Crippen LogP contribution < -0.4 is 4.90 Å². The van der Waals surface area contributed by atoms with Crippen molar-refractivity contribution in [3.63, 3.8) is 0 Å². The lowest BCUT2D eigenvalue weighted by Crippen LogP contribution is -2.10. The topological polar surface area (TPSA) is 8.17 Å². The fourth-order valence-electron chi connectivity index (χ4n) is 9.50. The molecule has 2 heterocycles. The van der Waals surface area contributed by atoms with Crippen molar-refractivity contribution in [2.75, 3.05) is 4.90 Å². The highest BCUT2D eigenvalue weighted by Gasteiger charge is 2.22. The molecule has 0 amide bonds. The summed E-state index contributed by atoms with van der Waals surface area (Å²) in [5.41, 5.74) is 14.0. The van der Waals surface area contributed by atoms with E-state index in [1.54, 1.807) is 0 Å². The van der Waals surface area contributed by atoms with Gasteiger partial charge in [-0.3, -0.25) is 0 Å². The molecule has 12 rings (SSSR count). The van der Waals surface area contributed by atoms with Crippen LogP contribution in [-0.2, 0) is 0 Å². The molecule has 3 heteroatoms. The normalized spacial score (nSPS) is 11.6. The summed E-state index contributed by atoms with van der Waals surface area (Å²) < 4.78 is 5.03. The lowest BCUT2D eigenvalue weighted by molar-refractivity contribution is 1.18. The monoisotopic (exact) mass is 794 g/mol. The van der Waals surface area contributed by atoms with E-state index in [9.17, 15) is 0 Å². The van der Waals surface area contributed by atoms with E-state index in [1.165, 1.54) is 86.1 Å². The van der Waals surface area contributed by atoms with Gasteiger partial charge in [0.2, 0.25) is 0 Å². The zero-order valence-electron chi connectivity index (χ0n) is 33.2. The number of thiophene rings is 1. The second-order valence-corrected chi connectivity index (χ2v) is 16.7. The predicted octanol–water partition coefficient (Wildman–Crippen LogP) is 16.8. The highest BCUT2D eigenvalue weighted by molar-refractivity contribution is 7.25. The summed E-state index contributed by atoms with van der Waals surface area (Å²) in [6.07, 6.45) is 0. The van der Waals surface area contributed by atoms with E-state index in [2.05, 4.69) is 240 Å². The molecule has 2 nitrogen and oxygen atoms in total. The highest BCUT2D eigenvalue weighted by atomic mass is 32.1. The van der Waals surface area contributed by atoms with Crippen LogP contribution in [0.5, 0.6) is 0 Å². The summed E-state index contributed by atoms with van der Waals surface area (Å²) in [6, 6.07) is 84.2. The van der Waals surface area contributed by atoms with Crippen LogP contribution in [0.25, 0.3) is 91.8 Å². The fourth-order valence-corrected chi connectivity index (χ4v) is 10.6. The van der Waals surface area contributed by atoms with Crippen LogP contribution >= 0.6 is 11.3 Å². The molecule has 2 aromatic heterocycles. The van der Waals surface area contributed by atoms with E-state index in [-0.39, 0.29) is 0 Å². The van der Waals surface area contributed by atoms with Gasteiger partial charge in [0.25, 0.3) is 0 Å². The van der Waals surface area contributed by atoms with Crippen LogP contribution in [0.1, 0.15) is 0 Å². The van der Waals surface area contributed by atoms with E-state index in [1.807, 2.05) is 11.3 Å². The summed E-state index contributed by atoms with van der Waals surface area (Å²) in [7, 11) is 0. The number of hydrogen-bond acceptors (Lipinski definition) is 2. The molecule has 0 aliphatic heterocycles. The van der Waals surface area contributed by atoms with Gasteiger partial charge in [-0.25, -0.2) is 0 Å². The maximum Gasteiger partial charge on any atom is 0.0541 e. The van der Waals surface area contributed by atoms with Crippen molar-refractivity contribution < 1.29 is 0 Å². The maximum absolute atomic E-state index is 2.45. The summed E-state index contributed by atoms with van der Waals surface area (Å²) in [5, 5.41) is 7.59. The third-order valence-electron chi connectivity index (χ3n) is 12.2. The largest absolute Gasteiger partial charge is 0.310 e. The Morgan fingerprint density at radius 1 is 0.328 bits per heavy atom. The first-order chi connectivity index (χ1) is 30.3. The molecule has 0 saturated heterocycles. The molecule has 0 bridgehead atoms. The number of benzene rings is 10. The van der Waals surface area contributed by atoms with Crippen LogP contribution in [0, 0.1) is 0 Å². The van der Waals surface area contributed by atoms with Gasteiger partial charge in [0.1, 0.15) is 0 Å². The van der Waals surface area contributed by atoms with E-state index in [0.717, 1.165) is 22.7 Å². The Hall–Kier alpha value is -7.72. The molecule has 0 saturated carbocycles. The van der Waals surface area contributed by atoms with E-state index >= 15 is 0 Å².